The summed E-state index contributed by atoms with van der Waals surface area (Å²) in [6, 6.07) is 22.5. The van der Waals surface area contributed by atoms with Crippen molar-refractivity contribution < 1.29 is 0 Å². The maximum Gasteiger partial charge on any atom is 0.255 e. The summed E-state index contributed by atoms with van der Waals surface area (Å²) in [6.45, 7) is 2.29. The van der Waals surface area contributed by atoms with Crippen molar-refractivity contribution in [1.29, 1.82) is 0 Å². The molecule has 1 saturated heterocycles. The normalized spacial score (nSPS) is 16.2. The first-order valence-electron chi connectivity index (χ1n) is 10.7. The van der Waals surface area contributed by atoms with E-state index in [4.69, 9.17) is 4.98 Å². The first kappa shape index (κ1) is 20.1. The second-order valence-corrected chi connectivity index (χ2v) is 7.87. The van der Waals surface area contributed by atoms with Crippen molar-refractivity contribution in [3.8, 4) is 22.5 Å². The van der Waals surface area contributed by atoms with E-state index in [1.54, 1.807) is 23.9 Å². The van der Waals surface area contributed by atoms with E-state index in [9.17, 15) is 4.79 Å². The van der Waals surface area contributed by atoms with Gasteiger partial charge in [-0.25, -0.2) is 15.0 Å². The molecule has 2 aromatic heterocycles. The highest BCUT2D eigenvalue weighted by atomic mass is 16.1. The fourth-order valence-corrected chi connectivity index (χ4v) is 4.08. The molecule has 4 aromatic rings. The molecule has 1 aliphatic rings. The Kier molecular flexibility index (Phi) is 5.47. The van der Waals surface area contributed by atoms with Crippen LogP contribution in [-0.2, 0) is 7.05 Å². The average Bonchev–Trinajstić information content (AvgIpc) is 2.87. The number of hydrogen-bond acceptors (Lipinski definition) is 6. The summed E-state index contributed by atoms with van der Waals surface area (Å²) in [4.78, 5) is 27.8. The first-order valence-corrected chi connectivity index (χ1v) is 10.7. The Hall–Kier alpha value is -3.84. The molecular formula is C25H24N6O. The van der Waals surface area contributed by atoms with Crippen LogP contribution in [0.4, 0.5) is 5.95 Å². The van der Waals surface area contributed by atoms with Crippen molar-refractivity contribution in [2.24, 2.45) is 7.05 Å². The van der Waals surface area contributed by atoms with Crippen LogP contribution in [0.1, 0.15) is 11.6 Å². The lowest BCUT2D eigenvalue weighted by atomic mass is 9.99. The minimum absolute atomic E-state index is 0.106. The van der Waals surface area contributed by atoms with Gasteiger partial charge in [-0.2, -0.15) is 0 Å². The number of hydrogen-bond donors (Lipinski definition) is 1. The molecule has 1 unspecified atom stereocenters. The highest BCUT2D eigenvalue weighted by Gasteiger charge is 2.24. The molecule has 0 aliphatic carbocycles. The number of nitrogens with zero attached hydrogens (tertiary/aromatic N) is 5. The lowest BCUT2D eigenvalue weighted by Gasteiger charge is -2.35. The quantitative estimate of drug-likeness (QED) is 0.543. The van der Waals surface area contributed by atoms with E-state index in [1.807, 2.05) is 6.07 Å². The summed E-state index contributed by atoms with van der Waals surface area (Å²) in [5.41, 5.74) is 4.72. The number of nitrogens with one attached hydrogen (secondary N) is 1. The molecule has 7 nitrogen and oxygen atoms in total. The minimum atomic E-state index is -0.106. The predicted molar refractivity (Wildman–Crippen MR) is 125 cm³/mol. The summed E-state index contributed by atoms with van der Waals surface area (Å²) in [5, 5.41) is 3.60. The molecule has 32 heavy (non-hydrogen) atoms. The zero-order valence-corrected chi connectivity index (χ0v) is 17.8. The van der Waals surface area contributed by atoms with Crippen molar-refractivity contribution in [1.82, 2.24) is 24.8 Å². The van der Waals surface area contributed by atoms with Gasteiger partial charge in [0.2, 0.25) is 5.95 Å². The Morgan fingerprint density at radius 1 is 0.969 bits per heavy atom. The van der Waals surface area contributed by atoms with Crippen LogP contribution < -0.4 is 15.8 Å². The SMILES string of the molecule is Cn1c(N2CCNC(c3ccc(-c4ccccc4)cc3)C2)nc(-c2ccncn2)cc1=O. The third-order valence-electron chi connectivity index (χ3n) is 5.83. The third kappa shape index (κ3) is 4.02. The molecule has 1 aliphatic heterocycles. The molecule has 0 radical (unpaired) electrons. The van der Waals surface area contributed by atoms with Gasteiger partial charge in [0, 0.05) is 45.0 Å². The monoisotopic (exact) mass is 424 g/mol. The van der Waals surface area contributed by atoms with E-state index in [1.165, 1.54) is 29.1 Å². The Morgan fingerprint density at radius 3 is 2.50 bits per heavy atom. The van der Waals surface area contributed by atoms with Crippen LogP contribution in [0.15, 0.2) is 84.0 Å². The van der Waals surface area contributed by atoms with E-state index in [0.29, 0.717) is 17.3 Å². The summed E-state index contributed by atoms with van der Waals surface area (Å²) >= 11 is 0. The third-order valence-corrected chi connectivity index (χ3v) is 5.83. The Morgan fingerprint density at radius 2 is 1.75 bits per heavy atom. The van der Waals surface area contributed by atoms with Crippen LogP contribution in [0, 0.1) is 0 Å². The van der Waals surface area contributed by atoms with Gasteiger partial charge in [0.25, 0.3) is 5.56 Å². The molecule has 7 heteroatoms. The fraction of sp³-hybridized carbons (Fsp3) is 0.200. The molecule has 1 atom stereocenters. The van der Waals surface area contributed by atoms with Crippen molar-refractivity contribution in [3.63, 3.8) is 0 Å². The molecule has 160 valence electrons. The van der Waals surface area contributed by atoms with E-state index < -0.39 is 0 Å². The predicted octanol–water partition coefficient (Wildman–Crippen LogP) is 3.06. The molecule has 0 spiro atoms. The number of aromatic nitrogens is 4. The first-order chi connectivity index (χ1) is 15.7. The van der Waals surface area contributed by atoms with Gasteiger partial charge in [-0.05, 0) is 22.8 Å². The zero-order chi connectivity index (χ0) is 21.9. The summed E-state index contributed by atoms with van der Waals surface area (Å²) in [7, 11) is 1.76. The summed E-state index contributed by atoms with van der Waals surface area (Å²) in [5.74, 6) is 0.651. The second kappa shape index (κ2) is 8.72. The van der Waals surface area contributed by atoms with Gasteiger partial charge in [-0.3, -0.25) is 9.36 Å². The molecule has 1 fully saturated rings. The average molecular weight is 425 g/mol. The molecule has 5 rings (SSSR count). The van der Waals surface area contributed by atoms with Crippen molar-refractivity contribution in [3.05, 3.63) is 95.2 Å². The summed E-state index contributed by atoms with van der Waals surface area (Å²) in [6.07, 6.45) is 3.12. The van der Waals surface area contributed by atoms with Crippen LogP contribution >= 0.6 is 0 Å². The van der Waals surface area contributed by atoms with Crippen LogP contribution in [0.5, 0.6) is 0 Å². The lowest BCUT2D eigenvalue weighted by molar-refractivity contribution is 0.462. The van der Waals surface area contributed by atoms with E-state index in [0.717, 1.165) is 19.6 Å². The van der Waals surface area contributed by atoms with Crippen molar-refractivity contribution in [2.45, 2.75) is 6.04 Å². The van der Waals surface area contributed by atoms with Crippen LogP contribution in [-0.4, -0.2) is 39.2 Å². The van der Waals surface area contributed by atoms with Gasteiger partial charge < -0.3 is 10.2 Å². The van der Waals surface area contributed by atoms with Crippen LogP contribution in [0.3, 0.4) is 0 Å². The van der Waals surface area contributed by atoms with Gasteiger partial charge >= 0.3 is 0 Å². The molecule has 0 saturated carbocycles. The van der Waals surface area contributed by atoms with Gasteiger partial charge in [-0.15, -0.1) is 0 Å². The highest BCUT2D eigenvalue weighted by Crippen LogP contribution is 2.25. The Balaban J connectivity index is 1.41. The molecule has 3 heterocycles. The number of piperazine rings is 1. The molecule has 2 aromatic carbocycles. The Labute approximate surface area is 186 Å². The maximum atomic E-state index is 12.6. The Bertz CT molecular complexity index is 1260. The van der Waals surface area contributed by atoms with Crippen molar-refractivity contribution in [2.75, 3.05) is 24.5 Å². The molecule has 0 amide bonds. The smallest absolute Gasteiger partial charge is 0.255 e. The fourth-order valence-electron chi connectivity index (χ4n) is 4.08. The molecular weight excluding hydrogens is 400 g/mol. The van der Waals surface area contributed by atoms with Gasteiger partial charge in [0.1, 0.15) is 6.33 Å². The number of benzene rings is 2. The van der Waals surface area contributed by atoms with Gasteiger partial charge in [0.15, 0.2) is 0 Å². The molecule has 1 N–H and O–H groups in total. The standard InChI is InChI=1S/C25H24N6O/c1-30-24(32)15-22(21-11-12-26-17-28-21)29-25(30)31-14-13-27-23(16-31)20-9-7-19(8-10-20)18-5-3-2-4-6-18/h2-12,15,17,23,27H,13-14,16H2,1H3. The highest BCUT2D eigenvalue weighted by molar-refractivity contribution is 5.63. The van der Waals surface area contributed by atoms with E-state index in [2.05, 4.69) is 68.7 Å². The van der Waals surface area contributed by atoms with Crippen molar-refractivity contribution >= 4 is 5.95 Å². The topological polar surface area (TPSA) is 75.9 Å². The minimum Gasteiger partial charge on any atom is -0.339 e. The van der Waals surface area contributed by atoms with Crippen LogP contribution in [0.25, 0.3) is 22.5 Å². The van der Waals surface area contributed by atoms with Gasteiger partial charge in [0.05, 0.1) is 11.4 Å². The second-order valence-electron chi connectivity index (χ2n) is 7.87. The zero-order valence-electron chi connectivity index (χ0n) is 17.8. The van der Waals surface area contributed by atoms with E-state index in [-0.39, 0.29) is 11.6 Å². The summed E-state index contributed by atoms with van der Waals surface area (Å²) < 4.78 is 1.60. The molecule has 0 bridgehead atoms. The van der Waals surface area contributed by atoms with Crippen LogP contribution in [0.2, 0.25) is 0 Å². The maximum absolute atomic E-state index is 12.6. The van der Waals surface area contributed by atoms with Gasteiger partial charge in [-0.1, -0.05) is 54.6 Å². The number of anilines is 1. The largest absolute Gasteiger partial charge is 0.339 e. The lowest BCUT2D eigenvalue weighted by Crippen LogP contribution is -2.47. The number of rotatable bonds is 4. The van der Waals surface area contributed by atoms with E-state index >= 15 is 0 Å².